The summed E-state index contributed by atoms with van der Waals surface area (Å²) < 4.78 is 22.5. The second-order valence-corrected chi connectivity index (χ2v) is 7.35. The molecule has 2 heterocycles. The lowest BCUT2D eigenvalue weighted by molar-refractivity contribution is -0.180. The van der Waals surface area contributed by atoms with Crippen LogP contribution >= 0.6 is 0 Å². The number of anilines is 1. The number of hydrogen-bond donors (Lipinski definition) is 0. The van der Waals surface area contributed by atoms with Crippen molar-refractivity contribution >= 4 is 11.6 Å². The number of methoxy groups -OCH3 is 2. The topological polar surface area (TPSA) is 57.2 Å². The van der Waals surface area contributed by atoms with Gasteiger partial charge in [-0.15, -0.1) is 0 Å². The Hall–Kier alpha value is -2.57. The van der Waals surface area contributed by atoms with Crippen molar-refractivity contribution in [2.45, 2.75) is 38.5 Å². The van der Waals surface area contributed by atoms with E-state index in [1.54, 1.807) is 19.1 Å². The zero-order valence-electron chi connectivity index (χ0n) is 17.2. The molecule has 29 heavy (non-hydrogen) atoms. The maximum atomic E-state index is 13.4. The molecular weight excluding hydrogens is 370 g/mol. The number of unbranched alkanes of at least 4 members (excludes halogenated alkanes) is 1. The Bertz CT molecular complexity index is 904. The first-order valence-electron chi connectivity index (χ1n) is 10.1. The predicted molar refractivity (Wildman–Crippen MR) is 109 cm³/mol. The van der Waals surface area contributed by atoms with Gasteiger partial charge in [0.15, 0.2) is 11.5 Å². The van der Waals surface area contributed by atoms with Crippen LogP contribution in [0.15, 0.2) is 36.4 Å². The highest BCUT2D eigenvalue weighted by molar-refractivity contribution is 6.06. The van der Waals surface area contributed by atoms with Gasteiger partial charge in [-0.1, -0.05) is 25.5 Å². The second kappa shape index (κ2) is 8.05. The summed E-state index contributed by atoms with van der Waals surface area (Å²) in [4.78, 5) is 15.2. The molecule has 6 heteroatoms. The van der Waals surface area contributed by atoms with Crippen molar-refractivity contribution in [1.29, 1.82) is 0 Å². The number of amides is 1. The number of nitrogens with zero attached hydrogens (tertiary/aromatic N) is 1. The maximum absolute atomic E-state index is 13.4. The lowest BCUT2D eigenvalue weighted by Gasteiger charge is -2.22. The molecule has 0 radical (unpaired) electrons. The molecule has 6 nitrogen and oxygen atoms in total. The van der Waals surface area contributed by atoms with E-state index in [1.807, 2.05) is 24.3 Å². The van der Waals surface area contributed by atoms with Gasteiger partial charge in [-0.05, 0) is 48.2 Å². The Kier molecular flexibility index (Phi) is 5.48. The number of rotatable bonds is 7. The third kappa shape index (κ3) is 3.36. The number of hydrogen-bond acceptors (Lipinski definition) is 5. The van der Waals surface area contributed by atoms with Crippen LogP contribution in [0.1, 0.15) is 36.5 Å². The summed E-state index contributed by atoms with van der Waals surface area (Å²) in [6.45, 7) is 3.39. The van der Waals surface area contributed by atoms with E-state index in [0.717, 1.165) is 36.1 Å². The van der Waals surface area contributed by atoms with E-state index in [0.29, 0.717) is 31.3 Å². The smallest absolute Gasteiger partial charge is 0.292 e. The van der Waals surface area contributed by atoms with E-state index in [2.05, 4.69) is 19.1 Å². The fraction of sp³-hybridized carbons (Fsp3) is 0.435. The lowest BCUT2D eigenvalue weighted by atomic mass is 10.0. The van der Waals surface area contributed by atoms with Crippen molar-refractivity contribution in [3.05, 3.63) is 53.1 Å². The largest absolute Gasteiger partial charge is 0.493 e. The first-order chi connectivity index (χ1) is 14.1. The third-order valence-corrected chi connectivity index (χ3v) is 5.53. The van der Waals surface area contributed by atoms with Gasteiger partial charge in [-0.2, -0.15) is 0 Å². The number of ether oxygens (including phenoxy) is 4. The standard InChI is InChI=1S/C23H27NO5/c1-4-5-6-16-7-9-19-18(13-16)23(28-11-12-29-23)22(25)24(19)15-17-8-10-20(26-2)21(14-17)27-3/h7-10,13-14H,4-6,11-12,15H2,1-3H3. The second-order valence-electron chi connectivity index (χ2n) is 7.35. The van der Waals surface area contributed by atoms with Gasteiger partial charge in [0.1, 0.15) is 0 Å². The quantitative estimate of drug-likeness (QED) is 0.711. The molecule has 2 aromatic rings. The van der Waals surface area contributed by atoms with Crippen LogP contribution in [0.2, 0.25) is 0 Å². The van der Waals surface area contributed by atoms with E-state index in [1.165, 1.54) is 5.56 Å². The van der Waals surface area contributed by atoms with Crippen LogP contribution in [0.3, 0.4) is 0 Å². The number of benzene rings is 2. The molecule has 4 rings (SSSR count). The van der Waals surface area contributed by atoms with Crippen LogP contribution in [-0.4, -0.2) is 33.3 Å². The number of aryl methyl sites for hydroxylation is 1. The number of carbonyl (C=O) groups excluding carboxylic acids is 1. The van der Waals surface area contributed by atoms with Crippen LogP contribution in [0, 0.1) is 0 Å². The summed E-state index contributed by atoms with van der Waals surface area (Å²) in [6.07, 6.45) is 3.21. The van der Waals surface area contributed by atoms with Crippen LogP contribution in [0.25, 0.3) is 0 Å². The third-order valence-electron chi connectivity index (χ3n) is 5.53. The Balaban J connectivity index is 1.69. The average Bonchev–Trinajstić information content (AvgIpc) is 3.33. The minimum atomic E-state index is -1.31. The summed E-state index contributed by atoms with van der Waals surface area (Å²) in [5, 5.41) is 0. The van der Waals surface area contributed by atoms with E-state index >= 15 is 0 Å². The predicted octanol–water partition coefficient (Wildman–Crippen LogP) is 3.79. The van der Waals surface area contributed by atoms with E-state index in [4.69, 9.17) is 18.9 Å². The Morgan fingerprint density at radius 1 is 1.00 bits per heavy atom. The summed E-state index contributed by atoms with van der Waals surface area (Å²) in [6, 6.07) is 11.9. The Labute approximate surface area is 171 Å². The molecule has 0 bridgehead atoms. The highest BCUT2D eigenvalue weighted by atomic mass is 16.7. The van der Waals surface area contributed by atoms with Gasteiger partial charge in [0, 0.05) is 5.56 Å². The van der Waals surface area contributed by atoms with Crippen molar-refractivity contribution in [1.82, 2.24) is 0 Å². The number of fused-ring (bicyclic) bond motifs is 2. The minimum absolute atomic E-state index is 0.174. The highest BCUT2D eigenvalue weighted by Crippen LogP contribution is 2.47. The number of carbonyl (C=O) groups is 1. The van der Waals surface area contributed by atoms with E-state index in [-0.39, 0.29) is 5.91 Å². The molecule has 0 saturated carbocycles. The molecule has 2 aliphatic heterocycles. The highest BCUT2D eigenvalue weighted by Gasteiger charge is 2.56. The van der Waals surface area contributed by atoms with Crippen LogP contribution < -0.4 is 14.4 Å². The van der Waals surface area contributed by atoms with Gasteiger partial charge in [0.25, 0.3) is 11.7 Å². The van der Waals surface area contributed by atoms with Gasteiger partial charge in [-0.25, -0.2) is 0 Å². The fourth-order valence-electron chi connectivity index (χ4n) is 4.03. The molecule has 0 atom stereocenters. The van der Waals surface area contributed by atoms with Crippen LogP contribution in [0.5, 0.6) is 11.5 Å². The fourth-order valence-corrected chi connectivity index (χ4v) is 4.03. The molecule has 1 saturated heterocycles. The maximum Gasteiger partial charge on any atom is 0.292 e. The summed E-state index contributed by atoms with van der Waals surface area (Å²) in [5.74, 6) is -0.195. The molecule has 1 spiro atoms. The van der Waals surface area contributed by atoms with Gasteiger partial charge >= 0.3 is 0 Å². The van der Waals surface area contributed by atoms with Gasteiger partial charge in [-0.3, -0.25) is 4.79 Å². The van der Waals surface area contributed by atoms with E-state index in [9.17, 15) is 4.79 Å². The van der Waals surface area contributed by atoms with E-state index < -0.39 is 5.79 Å². The zero-order chi connectivity index (χ0) is 20.4. The Morgan fingerprint density at radius 3 is 2.41 bits per heavy atom. The molecule has 1 fully saturated rings. The van der Waals surface area contributed by atoms with Gasteiger partial charge < -0.3 is 23.8 Å². The molecule has 2 aliphatic rings. The van der Waals surface area contributed by atoms with Crippen LogP contribution in [0.4, 0.5) is 5.69 Å². The summed E-state index contributed by atoms with van der Waals surface area (Å²) in [5.41, 5.74) is 3.79. The average molecular weight is 397 g/mol. The zero-order valence-corrected chi connectivity index (χ0v) is 17.2. The van der Waals surface area contributed by atoms with Crippen molar-refractivity contribution < 1.29 is 23.7 Å². The summed E-state index contributed by atoms with van der Waals surface area (Å²) >= 11 is 0. The molecule has 0 aromatic heterocycles. The van der Waals surface area contributed by atoms with Crippen molar-refractivity contribution in [2.75, 3.05) is 32.3 Å². The Morgan fingerprint density at radius 2 is 1.72 bits per heavy atom. The molecule has 0 N–H and O–H groups in total. The molecular formula is C23H27NO5. The molecule has 1 amide bonds. The van der Waals surface area contributed by atoms with Gasteiger partial charge in [0.05, 0.1) is 39.7 Å². The van der Waals surface area contributed by atoms with Crippen molar-refractivity contribution in [2.24, 2.45) is 0 Å². The van der Waals surface area contributed by atoms with Crippen molar-refractivity contribution in [3.8, 4) is 11.5 Å². The van der Waals surface area contributed by atoms with Gasteiger partial charge in [0.2, 0.25) is 0 Å². The molecule has 154 valence electrons. The molecule has 2 aromatic carbocycles. The molecule has 0 aliphatic carbocycles. The molecule has 0 unspecified atom stereocenters. The normalized spacial score (nSPS) is 17.1. The first kappa shape index (κ1) is 19.7. The lowest BCUT2D eigenvalue weighted by Crippen LogP contribution is -2.40. The van der Waals surface area contributed by atoms with Crippen LogP contribution in [-0.2, 0) is 33.0 Å². The van der Waals surface area contributed by atoms with Crippen molar-refractivity contribution in [3.63, 3.8) is 0 Å². The monoisotopic (exact) mass is 397 g/mol. The first-order valence-corrected chi connectivity index (χ1v) is 10.1. The SMILES string of the molecule is CCCCc1ccc2c(c1)C1(OCCO1)C(=O)N2Cc1ccc(OC)c(OC)c1. The minimum Gasteiger partial charge on any atom is -0.493 e. The summed E-state index contributed by atoms with van der Waals surface area (Å²) in [7, 11) is 3.21.